The Morgan fingerprint density at radius 2 is 2.00 bits per heavy atom. The molecule has 0 spiro atoms. The molecule has 0 radical (unpaired) electrons. The predicted molar refractivity (Wildman–Crippen MR) is 73.1 cm³/mol. The molecule has 0 aliphatic rings. The summed E-state index contributed by atoms with van der Waals surface area (Å²) < 4.78 is 6.60. The number of hydrogen-bond acceptors (Lipinski definition) is 2. The van der Waals surface area contributed by atoms with Crippen LogP contribution < -0.4 is 5.32 Å². The monoisotopic (exact) mass is 327 g/mol. The van der Waals surface area contributed by atoms with Crippen molar-refractivity contribution in [1.82, 2.24) is 5.32 Å². The highest BCUT2D eigenvalue weighted by Crippen LogP contribution is 2.13. The number of nitrogens with one attached hydrogen (secondary N) is 1. The minimum absolute atomic E-state index is 0.245. The second kappa shape index (κ2) is 5.50. The number of furan rings is 1. The Labute approximate surface area is 109 Å². The van der Waals surface area contributed by atoms with Gasteiger partial charge in [0.15, 0.2) is 0 Å². The maximum Gasteiger partial charge on any atom is 0.120 e. The van der Waals surface area contributed by atoms with Crippen molar-refractivity contribution < 1.29 is 4.42 Å². The van der Waals surface area contributed by atoms with E-state index in [9.17, 15) is 0 Å². The van der Waals surface area contributed by atoms with E-state index in [1.807, 2.05) is 12.1 Å². The normalized spacial score (nSPS) is 12.6. The molecule has 1 N–H and O–H groups in total. The Morgan fingerprint density at radius 3 is 2.62 bits per heavy atom. The number of hydrogen-bond donors (Lipinski definition) is 1. The number of halogens is 1. The van der Waals surface area contributed by atoms with Crippen molar-refractivity contribution in [3.8, 4) is 0 Å². The molecule has 1 aromatic heterocycles. The van der Waals surface area contributed by atoms with Crippen LogP contribution in [-0.4, -0.2) is 0 Å². The number of benzene rings is 1. The van der Waals surface area contributed by atoms with Gasteiger partial charge in [-0.1, -0.05) is 12.1 Å². The molecule has 2 nitrogen and oxygen atoms in total. The lowest BCUT2D eigenvalue weighted by molar-refractivity contribution is 0.430. The zero-order chi connectivity index (χ0) is 11.4. The molecule has 1 atom stereocenters. The summed E-state index contributed by atoms with van der Waals surface area (Å²) in [6.07, 6.45) is 1.71. The van der Waals surface area contributed by atoms with Crippen molar-refractivity contribution in [3.05, 3.63) is 57.6 Å². The first-order valence-corrected chi connectivity index (χ1v) is 6.35. The Kier molecular flexibility index (Phi) is 4.01. The van der Waals surface area contributed by atoms with E-state index in [1.54, 1.807) is 6.26 Å². The van der Waals surface area contributed by atoms with E-state index in [-0.39, 0.29) is 6.04 Å². The van der Waals surface area contributed by atoms with Crippen molar-refractivity contribution in [2.24, 2.45) is 0 Å². The first-order chi connectivity index (χ1) is 7.75. The molecule has 0 fully saturated rings. The van der Waals surface area contributed by atoms with Crippen LogP contribution in [0.1, 0.15) is 24.3 Å². The molecule has 0 amide bonds. The van der Waals surface area contributed by atoms with Crippen molar-refractivity contribution >= 4 is 22.6 Å². The summed E-state index contributed by atoms with van der Waals surface area (Å²) in [5.41, 5.74) is 1.29. The van der Waals surface area contributed by atoms with E-state index in [2.05, 4.69) is 59.1 Å². The largest absolute Gasteiger partial charge is 0.468 e. The Hall–Kier alpha value is -0.810. The fourth-order valence-corrected chi connectivity index (χ4v) is 1.87. The summed E-state index contributed by atoms with van der Waals surface area (Å²) >= 11 is 2.31. The molecule has 16 heavy (non-hydrogen) atoms. The fraction of sp³-hybridized carbons (Fsp3) is 0.231. The highest BCUT2D eigenvalue weighted by atomic mass is 127. The Morgan fingerprint density at radius 1 is 1.25 bits per heavy atom. The van der Waals surface area contributed by atoms with Gasteiger partial charge in [0.2, 0.25) is 0 Å². The van der Waals surface area contributed by atoms with Crippen molar-refractivity contribution in [1.29, 1.82) is 0 Å². The molecule has 0 unspecified atom stereocenters. The molecule has 2 rings (SSSR count). The van der Waals surface area contributed by atoms with E-state index in [1.165, 1.54) is 9.13 Å². The van der Waals surface area contributed by atoms with Crippen molar-refractivity contribution in [3.63, 3.8) is 0 Å². The van der Waals surface area contributed by atoms with Crippen LogP contribution in [0.25, 0.3) is 0 Å². The lowest BCUT2D eigenvalue weighted by Gasteiger charge is -2.11. The molecule has 1 aromatic carbocycles. The quantitative estimate of drug-likeness (QED) is 0.866. The first kappa shape index (κ1) is 11.7. The fourth-order valence-electron chi connectivity index (χ4n) is 1.51. The van der Waals surface area contributed by atoms with Gasteiger partial charge in [0.1, 0.15) is 5.76 Å². The van der Waals surface area contributed by atoms with Crippen molar-refractivity contribution in [2.45, 2.75) is 19.5 Å². The average molecular weight is 327 g/mol. The second-order valence-corrected chi connectivity index (χ2v) is 4.99. The van der Waals surface area contributed by atoms with Gasteiger partial charge in [-0.15, -0.1) is 0 Å². The molecular formula is C13H14INO. The van der Waals surface area contributed by atoms with Crippen LogP contribution in [0, 0.1) is 3.57 Å². The van der Waals surface area contributed by atoms with Gasteiger partial charge >= 0.3 is 0 Å². The summed E-state index contributed by atoms with van der Waals surface area (Å²) in [5.74, 6) is 0.977. The summed E-state index contributed by atoms with van der Waals surface area (Å²) in [6.45, 7) is 2.96. The van der Waals surface area contributed by atoms with Gasteiger partial charge in [0.05, 0.1) is 12.3 Å². The van der Waals surface area contributed by atoms with E-state index >= 15 is 0 Å². The molecule has 2 aromatic rings. The molecular weight excluding hydrogens is 313 g/mol. The molecule has 3 heteroatoms. The third-order valence-electron chi connectivity index (χ3n) is 2.50. The predicted octanol–water partition coefficient (Wildman–Crippen LogP) is 3.74. The van der Waals surface area contributed by atoms with Gasteiger partial charge < -0.3 is 9.73 Å². The maximum absolute atomic E-state index is 5.34. The van der Waals surface area contributed by atoms with Gasteiger partial charge in [-0.3, -0.25) is 0 Å². The SMILES string of the molecule is C[C@H](NCc1ccc(I)cc1)c1ccco1. The molecule has 0 saturated carbocycles. The summed E-state index contributed by atoms with van der Waals surface area (Å²) in [4.78, 5) is 0. The molecule has 0 bridgehead atoms. The topological polar surface area (TPSA) is 25.2 Å². The molecule has 84 valence electrons. The van der Waals surface area contributed by atoms with Crippen LogP contribution in [0.4, 0.5) is 0 Å². The third kappa shape index (κ3) is 3.09. The van der Waals surface area contributed by atoms with Crippen LogP contribution in [0.3, 0.4) is 0 Å². The van der Waals surface area contributed by atoms with E-state index < -0.39 is 0 Å². The zero-order valence-corrected chi connectivity index (χ0v) is 11.3. The lowest BCUT2D eigenvalue weighted by Crippen LogP contribution is -2.17. The van der Waals surface area contributed by atoms with E-state index in [0.29, 0.717) is 0 Å². The number of rotatable bonds is 4. The second-order valence-electron chi connectivity index (χ2n) is 3.74. The average Bonchev–Trinajstić information content (AvgIpc) is 2.81. The van der Waals surface area contributed by atoms with Gasteiger partial charge in [-0.05, 0) is 59.3 Å². The van der Waals surface area contributed by atoms with Crippen LogP contribution in [-0.2, 0) is 6.54 Å². The van der Waals surface area contributed by atoms with Crippen LogP contribution >= 0.6 is 22.6 Å². The highest BCUT2D eigenvalue weighted by Gasteiger charge is 2.06. The minimum Gasteiger partial charge on any atom is -0.468 e. The summed E-state index contributed by atoms with van der Waals surface area (Å²) in [7, 11) is 0. The van der Waals surface area contributed by atoms with Crippen LogP contribution in [0.5, 0.6) is 0 Å². The minimum atomic E-state index is 0.245. The van der Waals surface area contributed by atoms with Gasteiger partial charge in [0, 0.05) is 10.1 Å². The Bertz CT molecular complexity index is 422. The van der Waals surface area contributed by atoms with Crippen molar-refractivity contribution in [2.75, 3.05) is 0 Å². The Balaban J connectivity index is 1.90. The molecule has 0 saturated heterocycles. The van der Waals surface area contributed by atoms with Crippen LogP contribution in [0.15, 0.2) is 47.1 Å². The van der Waals surface area contributed by atoms with Gasteiger partial charge in [0.25, 0.3) is 0 Å². The summed E-state index contributed by atoms with van der Waals surface area (Å²) in [6, 6.07) is 12.7. The lowest BCUT2D eigenvalue weighted by atomic mass is 10.2. The van der Waals surface area contributed by atoms with E-state index in [0.717, 1.165) is 12.3 Å². The smallest absolute Gasteiger partial charge is 0.120 e. The zero-order valence-electron chi connectivity index (χ0n) is 9.11. The molecule has 0 aliphatic heterocycles. The van der Waals surface area contributed by atoms with Crippen LogP contribution in [0.2, 0.25) is 0 Å². The standard InChI is InChI=1S/C13H14INO/c1-10(13-3-2-8-16-13)15-9-11-4-6-12(14)7-5-11/h2-8,10,15H,9H2,1H3/t10-/m0/s1. The third-order valence-corrected chi connectivity index (χ3v) is 3.21. The van der Waals surface area contributed by atoms with E-state index in [4.69, 9.17) is 4.42 Å². The molecule has 1 heterocycles. The van der Waals surface area contributed by atoms with Gasteiger partial charge in [-0.25, -0.2) is 0 Å². The maximum atomic E-state index is 5.34. The molecule has 0 aliphatic carbocycles. The van der Waals surface area contributed by atoms with Gasteiger partial charge in [-0.2, -0.15) is 0 Å². The summed E-state index contributed by atoms with van der Waals surface area (Å²) in [5, 5.41) is 3.42. The first-order valence-electron chi connectivity index (χ1n) is 5.27. The highest BCUT2D eigenvalue weighted by molar-refractivity contribution is 14.1.